The minimum Gasteiger partial charge on any atom is -0.477 e. The van der Waals surface area contributed by atoms with Gasteiger partial charge in [-0.15, -0.1) is 0 Å². The maximum absolute atomic E-state index is 13.9. The van der Waals surface area contributed by atoms with Gasteiger partial charge in [-0.25, -0.2) is 14.2 Å². The van der Waals surface area contributed by atoms with Crippen LogP contribution in [0.4, 0.5) is 4.39 Å². The Morgan fingerprint density at radius 3 is 2.88 bits per heavy atom. The van der Waals surface area contributed by atoms with Gasteiger partial charge in [-0.2, -0.15) is 0 Å². The summed E-state index contributed by atoms with van der Waals surface area (Å²) in [5, 5.41) is 9.04. The molecule has 0 saturated heterocycles. The van der Waals surface area contributed by atoms with Gasteiger partial charge >= 0.3 is 5.97 Å². The van der Waals surface area contributed by atoms with Crippen LogP contribution in [0.1, 0.15) is 16.2 Å². The molecule has 0 fully saturated rings. The Bertz CT molecular complexity index is 631. The highest BCUT2D eigenvalue weighted by Gasteiger charge is 2.21. The summed E-state index contributed by atoms with van der Waals surface area (Å²) in [5.41, 5.74) is 0.562. The zero-order chi connectivity index (χ0) is 12.7. The molecular weight excluding hydrogens is 382 g/mol. The summed E-state index contributed by atoms with van der Waals surface area (Å²) in [5.74, 6) is -1.78. The lowest BCUT2D eigenvalue weighted by atomic mass is 10.2. The van der Waals surface area contributed by atoms with Crippen LogP contribution in [0.2, 0.25) is 5.02 Å². The van der Waals surface area contributed by atoms with E-state index in [9.17, 15) is 9.18 Å². The van der Waals surface area contributed by atoms with Crippen molar-refractivity contribution in [2.75, 3.05) is 0 Å². The molecule has 8 heteroatoms. The first-order valence-corrected chi connectivity index (χ1v) is 8.06. The first kappa shape index (κ1) is 12.9. The standard InChI is InChI=1S/C9H5ClFIN2O2S/c1-3-6(10)7(11)4-2-5(9(15)16)14(17-12)8(4)13-3/h2H,1H3,(H,15,16). The van der Waals surface area contributed by atoms with Crippen LogP contribution in [-0.2, 0) is 0 Å². The van der Waals surface area contributed by atoms with Crippen molar-refractivity contribution in [2.45, 2.75) is 6.92 Å². The van der Waals surface area contributed by atoms with Crippen LogP contribution in [0, 0.1) is 12.7 Å². The molecule has 0 amide bonds. The zero-order valence-electron chi connectivity index (χ0n) is 8.37. The SMILES string of the molecule is Cc1nc2c(cc(C(=O)O)n2SI)c(F)c1Cl. The molecule has 0 atom stereocenters. The molecule has 0 aliphatic carbocycles. The molecule has 2 aromatic rings. The second-order valence-corrected chi connectivity index (χ2v) is 5.32. The number of aromatic carboxylic acids is 1. The Balaban J connectivity index is 2.92. The normalized spacial score (nSPS) is 11.1. The lowest BCUT2D eigenvalue weighted by molar-refractivity contribution is 0.0690. The number of hydrogen-bond donors (Lipinski definition) is 1. The van der Waals surface area contributed by atoms with Crippen molar-refractivity contribution >= 4 is 58.9 Å². The maximum atomic E-state index is 13.9. The second kappa shape index (κ2) is 4.62. The van der Waals surface area contributed by atoms with Gasteiger partial charge < -0.3 is 5.11 Å². The van der Waals surface area contributed by atoms with Gasteiger partial charge in [-0.3, -0.25) is 3.97 Å². The summed E-state index contributed by atoms with van der Waals surface area (Å²) < 4.78 is 15.2. The summed E-state index contributed by atoms with van der Waals surface area (Å²) >= 11 is 7.65. The first-order chi connectivity index (χ1) is 7.97. The predicted molar refractivity (Wildman–Crippen MR) is 73.4 cm³/mol. The van der Waals surface area contributed by atoms with Crippen LogP contribution in [0.25, 0.3) is 11.0 Å². The third-order valence-corrected chi connectivity index (χ3v) is 4.37. The molecule has 0 aliphatic heterocycles. The minimum absolute atomic E-state index is 0.0348. The lowest BCUT2D eigenvalue weighted by Crippen LogP contribution is -2.02. The molecule has 4 nitrogen and oxygen atoms in total. The average Bonchev–Trinajstić information content (AvgIpc) is 2.64. The van der Waals surface area contributed by atoms with E-state index in [4.69, 9.17) is 16.7 Å². The number of pyridine rings is 1. The molecule has 0 radical (unpaired) electrons. The molecule has 2 heterocycles. The number of carboxylic acids is 1. The Morgan fingerprint density at radius 2 is 2.35 bits per heavy atom. The van der Waals surface area contributed by atoms with E-state index in [0.717, 1.165) is 9.12 Å². The van der Waals surface area contributed by atoms with Crippen molar-refractivity contribution in [3.05, 3.63) is 28.3 Å². The fourth-order valence-corrected chi connectivity index (χ4v) is 3.20. The molecule has 2 aromatic heterocycles. The third kappa shape index (κ3) is 2.00. The van der Waals surface area contributed by atoms with Crippen molar-refractivity contribution in [3.8, 4) is 0 Å². The molecule has 0 bridgehead atoms. The van der Waals surface area contributed by atoms with Crippen LogP contribution < -0.4 is 0 Å². The van der Waals surface area contributed by atoms with E-state index in [2.05, 4.69) is 4.98 Å². The van der Waals surface area contributed by atoms with Crippen LogP contribution in [0.3, 0.4) is 0 Å². The highest BCUT2D eigenvalue weighted by atomic mass is 127. The quantitative estimate of drug-likeness (QED) is 0.800. The van der Waals surface area contributed by atoms with Crippen LogP contribution in [-0.4, -0.2) is 20.0 Å². The van der Waals surface area contributed by atoms with E-state index < -0.39 is 11.8 Å². The molecule has 90 valence electrons. The molecule has 0 saturated carbocycles. The highest BCUT2D eigenvalue weighted by molar-refractivity contribution is 14.2. The van der Waals surface area contributed by atoms with Crippen molar-refractivity contribution in [1.29, 1.82) is 0 Å². The van der Waals surface area contributed by atoms with E-state index in [1.165, 1.54) is 10.0 Å². The Kier molecular flexibility index (Phi) is 3.50. The number of aromatic nitrogens is 2. The largest absolute Gasteiger partial charge is 0.477 e. The summed E-state index contributed by atoms with van der Waals surface area (Å²) in [6, 6.07) is 1.23. The highest BCUT2D eigenvalue weighted by Crippen LogP contribution is 2.32. The number of nitrogens with zero attached hydrogens (tertiary/aromatic N) is 2. The predicted octanol–water partition coefficient (Wildman–Crippen LogP) is 3.68. The van der Waals surface area contributed by atoms with Crippen LogP contribution in [0.5, 0.6) is 0 Å². The number of carbonyl (C=O) groups is 1. The summed E-state index contributed by atoms with van der Waals surface area (Å²) in [4.78, 5) is 15.1. The van der Waals surface area contributed by atoms with Gasteiger partial charge in [-0.1, -0.05) is 11.6 Å². The zero-order valence-corrected chi connectivity index (χ0v) is 12.1. The molecule has 0 spiro atoms. The van der Waals surface area contributed by atoms with Crippen molar-refractivity contribution in [3.63, 3.8) is 0 Å². The maximum Gasteiger partial charge on any atom is 0.353 e. The van der Waals surface area contributed by atoms with Gasteiger partial charge in [0.1, 0.15) is 5.69 Å². The number of hydrogen-bond acceptors (Lipinski definition) is 3. The Morgan fingerprint density at radius 1 is 1.71 bits per heavy atom. The fourth-order valence-electron chi connectivity index (χ4n) is 1.45. The number of carboxylic acid groups (broad SMARTS) is 1. The van der Waals surface area contributed by atoms with Gasteiger partial charge in [0, 0.05) is 30.3 Å². The van der Waals surface area contributed by atoms with Gasteiger partial charge in [0.05, 0.1) is 16.1 Å². The number of halogens is 3. The third-order valence-electron chi connectivity index (χ3n) is 2.24. The fraction of sp³-hybridized carbons (Fsp3) is 0.111. The smallest absolute Gasteiger partial charge is 0.353 e. The van der Waals surface area contributed by atoms with Crippen LogP contribution >= 0.6 is 41.9 Å². The van der Waals surface area contributed by atoms with Gasteiger partial charge in [-0.05, 0) is 13.0 Å². The number of rotatable bonds is 2. The lowest BCUT2D eigenvalue weighted by Gasteiger charge is -2.03. The van der Waals surface area contributed by atoms with Crippen molar-refractivity contribution < 1.29 is 14.3 Å². The van der Waals surface area contributed by atoms with Crippen molar-refractivity contribution in [2.24, 2.45) is 0 Å². The topological polar surface area (TPSA) is 55.1 Å². The van der Waals surface area contributed by atoms with Gasteiger partial charge in [0.25, 0.3) is 0 Å². The monoisotopic (exact) mass is 386 g/mol. The molecule has 0 unspecified atom stereocenters. The van der Waals surface area contributed by atoms with E-state index in [0.29, 0.717) is 5.69 Å². The Hall–Kier alpha value is -0.540. The second-order valence-electron chi connectivity index (χ2n) is 3.26. The first-order valence-electron chi connectivity index (χ1n) is 4.36. The molecule has 0 aliphatic rings. The summed E-state index contributed by atoms with van der Waals surface area (Å²) in [7, 11) is 1.12. The summed E-state index contributed by atoms with van der Waals surface area (Å²) in [6.07, 6.45) is 0. The van der Waals surface area contributed by atoms with Gasteiger partial charge in [0.15, 0.2) is 11.5 Å². The Labute approximate surface area is 117 Å². The minimum atomic E-state index is -1.14. The molecule has 1 N–H and O–H groups in total. The molecule has 2 rings (SSSR count). The van der Waals surface area contributed by atoms with E-state index in [1.54, 1.807) is 6.92 Å². The average molecular weight is 387 g/mol. The summed E-state index contributed by atoms with van der Waals surface area (Å²) in [6.45, 7) is 1.57. The molecule has 17 heavy (non-hydrogen) atoms. The number of fused-ring (bicyclic) bond motifs is 1. The molecule has 0 aromatic carbocycles. The van der Waals surface area contributed by atoms with E-state index >= 15 is 0 Å². The number of aryl methyl sites for hydroxylation is 1. The molecular formula is C9H5ClFIN2O2S. The van der Waals surface area contributed by atoms with Gasteiger partial charge in [0.2, 0.25) is 0 Å². The van der Waals surface area contributed by atoms with Crippen LogP contribution in [0.15, 0.2) is 6.07 Å². The van der Waals surface area contributed by atoms with E-state index in [-0.39, 0.29) is 21.7 Å². The van der Waals surface area contributed by atoms with E-state index in [1.807, 2.05) is 21.2 Å². The van der Waals surface area contributed by atoms with Crippen molar-refractivity contribution in [1.82, 2.24) is 8.96 Å².